The van der Waals surface area contributed by atoms with Crippen LogP contribution in [0.15, 0.2) is 77.3 Å². The van der Waals surface area contributed by atoms with Gasteiger partial charge in [0.2, 0.25) is 0 Å². The molecular weight excluding hydrogens is 462 g/mol. The molecule has 150 valence electrons. The number of fused-ring (bicyclic) bond motifs is 3. The number of nitrogens with one attached hydrogen (secondary N) is 1. The van der Waals surface area contributed by atoms with E-state index in [1.165, 1.54) is 16.8 Å². The van der Waals surface area contributed by atoms with Gasteiger partial charge in [-0.3, -0.25) is 15.0 Å². The van der Waals surface area contributed by atoms with Gasteiger partial charge in [0.25, 0.3) is 11.8 Å². The predicted molar refractivity (Wildman–Crippen MR) is 124 cm³/mol. The molecule has 5 nitrogen and oxygen atoms in total. The van der Waals surface area contributed by atoms with Gasteiger partial charge in [0.15, 0.2) is 0 Å². The summed E-state index contributed by atoms with van der Waals surface area (Å²) in [6, 6.07) is 23.9. The van der Waals surface area contributed by atoms with Crippen molar-refractivity contribution in [3.8, 4) is 0 Å². The summed E-state index contributed by atoms with van der Waals surface area (Å²) in [5, 5.41) is 3.43. The standard InChI is InChI=1S/C23H18BrN3O2S/c24-18-10-4-1-9-17(18)23-27(22(29)14-30-23)25-21(28)13-26-19-11-5-2-7-15(19)16-8-3-6-12-20(16)26/h1-12,23H,13-14H2,(H,25,28). The van der Waals surface area contributed by atoms with Gasteiger partial charge in [-0.25, -0.2) is 5.01 Å². The van der Waals surface area contributed by atoms with Crippen LogP contribution >= 0.6 is 27.7 Å². The lowest BCUT2D eigenvalue weighted by atomic mass is 10.2. The number of carbonyl (C=O) groups is 2. The minimum atomic E-state index is -0.254. The van der Waals surface area contributed by atoms with Gasteiger partial charge in [-0.2, -0.15) is 0 Å². The molecule has 0 radical (unpaired) electrons. The molecule has 1 aromatic heterocycles. The van der Waals surface area contributed by atoms with E-state index in [0.717, 1.165) is 31.8 Å². The Morgan fingerprint density at radius 1 is 0.967 bits per heavy atom. The SMILES string of the molecule is O=C(Cn1c2ccccc2c2ccccc21)NN1C(=O)CSC1c1ccccc1Br. The molecule has 1 unspecified atom stereocenters. The number of benzene rings is 3. The normalized spacial score (nSPS) is 16.5. The van der Waals surface area contributed by atoms with E-state index in [2.05, 4.69) is 33.5 Å². The highest BCUT2D eigenvalue weighted by Gasteiger charge is 2.35. The number of nitrogens with zero attached hydrogens (tertiary/aromatic N) is 2. The van der Waals surface area contributed by atoms with Gasteiger partial charge in [0.05, 0.1) is 5.75 Å². The molecule has 30 heavy (non-hydrogen) atoms. The lowest BCUT2D eigenvalue weighted by Crippen LogP contribution is -2.45. The van der Waals surface area contributed by atoms with Crippen molar-refractivity contribution in [3.05, 3.63) is 82.8 Å². The third-order valence-electron chi connectivity index (χ3n) is 5.27. The summed E-state index contributed by atoms with van der Waals surface area (Å²) in [6.07, 6.45) is 0. The zero-order valence-corrected chi connectivity index (χ0v) is 18.3. The van der Waals surface area contributed by atoms with Crippen LogP contribution in [0.25, 0.3) is 21.8 Å². The zero-order valence-electron chi connectivity index (χ0n) is 15.9. The van der Waals surface area contributed by atoms with Crippen molar-refractivity contribution >= 4 is 61.3 Å². The Bertz CT molecular complexity index is 1230. The first-order valence-electron chi connectivity index (χ1n) is 9.57. The van der Waals surface area contributed by atoms with Crippen molar-refractivity contribution < 1.29 is 9.59 Å². The lowest BCUT2D eigenvalue weighted by molar-refractivity contribution is -0.139. The summed E-state index contributed by atoms with van der Waals surface area (Å²) >= 11 is 5.06. The molecule has 2 heterocycles. The highest BCUT2D eigenvalue weighted by molar-refractivity contribution is 9.10. The fourth-order valence-electron chi connectivity index (χ4n) is 3.94. The molecule has 2 amide bonds. The number of amides is 2. The molecule has 1 aliphatic rings. The molecule has 1 saturated heterocycles. The maximum Gasteiger partial charge on any atom is 0.258 e. The lowest BCUT2D eigenvalue weighted by Gasteiger charge is -2.25. The van der Waals surface area contributed by atoms with Crippen molar-refractivity contribution in [2.24, 2.45) is 0 Å². The van der Waals surface area contributed by atoms with Gasteiger partial charge in [0.1, 0.15) is 11.9 Å². The van der Waals surface area contributed by atoms with Crippen molar-refractivity contribution in [1.29, 1.82) is 0 Å². The second-order valence-electron chi connectivity index (χ2n) is 7.10. The second-order valence-corrected chi connectivity index (χ2v) is 9.03. The summed E-state index contributed by atoms with van der Waals surface area (Å²) < 4.78 is 2.92. The Morgan fingerprint density at radius 2 is 1.57 bits per heavy atom. The number of para-hydroxylation sites is 2. The third kappa shape index (κ3) is 3.28. The summed E-state index contributed by atoms with van der Waals surface area (Å²) in [6.45, 7) is 0.130. The number of hydrogen-bond acceptors (Lipinski definition) is 3. The van der Waals surface area contributed by atoms with Crippen LogP contribution in [-0.2, 0) is 16.1 Å². The van der Waals surface area contributed by atoms with E-state index in [4.69, 9.17) is 0 Å². The number of hydrogen-bond donors (Lipinski definition) is 1. The maximum atomic E-state index is 13.0. The molecule has 1 N–H and O–H groups in total. The Balaban J connectivity index is 1.45. The predicted octanol–water partition coefficient (Wildman–Crippen LogP) is 4.86. The van der Waals surface area contributed by atoms with Gasteiger partial charge in [-0.15, -0.1) is 11.8 Å². The number of halogens is 1. The van der Waals surface area contributed by atoms with E-state index in [0.29, 0.717) is 5.75 Å². The first kappa shape index (κ1) is 19.2. The summed E-state index contributed by atoms with van der Waals surface area (Å²) in [4.78, 5) is 25.5. The largest absolute Gasteiger partial charge is 0.331 e. The molecule has 1 fully saturated rings. The molecule has 1 atom stereocenters. The average molecular weight is 480 g/mol. The van der Waals surface area contributed by atoms with Crippen LogP contribution in [0.2, 0.25) is 0 Å². The van der Waals surface area contributed by atoms with Crippen molar-refractivity contribution in [1.82, 2.24) is 15.0 Å². The fraction of sp³-hybridized carbons (Fsp3) is 0.130. The number of thioether (sulfide) groups is 1. The van der Waals surface area contributed by atoms with Gasteiger partial charge >= 0.3 is 0 Å². The van der Waals surface area contributed by atoms with Crippen LogP contribution in [0, 0.1) is 0 Å². The van der Waals surface area contributed by atoms with Crippen LogP contribution < -0.4 is 5.43 Å². The fourth-order valence-corrected chi connectivity index (χ4v) is 5.73. The van der Waals surface area contributed by atoms with Gasteiger partial charge in [0, 0.05) is 31.8 Å². The molecule has 0 aliphatic carbocycles. The molecular formula is C23H18BrN3O2S. The van der Waals surface area contributed by atoms with Gasteiger partial charge in [-0.05, 0) is 18.2 Å². The third-order valence-corrected chi connectivity index (χ3v) is 7.18. The van der Waals surface area contributed by atoms with E-state index >= 15 is 0 Å². The summed E-state index contributed by atoms with van der Waals surface area (Å²) in [5.74, 6) is 0.00696. The number of carbonyl (C=O) groups excluding carboxylic acids is 2. The van der Waals surface area contributed by atoms with E-state index in [9.17, 15) is 9.59 Å². The zero-order chi connectivity index (χ0) is 20.7. The molecule has 0 spiro atoms. The van der Waals surface area contributed by atoms with Crippen LogP contribution in [0.5, 0.6) is 0 Å². The molecule has 3 aromatic carbocycles. The second kappa shape index (κ2) is 7.81. The highest BCUT2D eigenvalue weighted by atomic mass is 79.9. The molecule has 0 bridgehead atoms. The van der Waals surface area contributed by atoms with E-state index in [-0.39, 0.29) is 23.7 Å². The number of aromatic nitrogens is 1. The summed E-state index contributed by atoms with van der Waals surface area (Å²) in [5.41, 5.74) is 5.81. The maximum absolute atomic E-state index is 13.0. The van der Waals surface area contributed by atoms with Gasteiger partial charge < -0.3 is 4.57 Å². The molecule has 0 saturated carbocycles. The Labute approximate surface area is 186 Å². The summed E-state index contributed by atoms with van der Waals surface area (Å²) in [7, 11) is 0. The Hall–Kier alpha value is -2.77. The van der Waals surface area contributed by atoms with E-state index in [1.807, 2.05) is 65.2 Å². The van der Waals surface area contributed by atoms with Crippen LogP contribution in [-0.4, -0.2) is 27.1 Å². The van der Waals surface area contributed by atoms with Crippen molar-refractivity contribution in [2.75, 3.05) is 5.75 Å². The number of hydrazine groups is 1. The number of rotatable bonds is 4. The molecule has 7 heteroatoms. The van der Waals surface area contributed by atoms with Crippen LogP contribution in [0.3, 0.4) is 0 Å². The quantitative estimate of drug-likeness (QED) is 0.454. The van der Waals surface area contributed by atoms with Crippen LogP contribution in [0.4, 0.5) is 0 Å². The monoisotopic (exact) mass is 479 g/mol. The minimum Gasteiger partial charge on any atom is -0.331 e. The average Bonchev–Trinajstić information content (AvgIpc) is 3.27. The highest BCUT2D eigenvalue weighted by Crippen LogP contribution is 2.40. The van der Waals surface area contributed by atoms with E-state index in [1.54, 1.807) is 0 Å². The molecule has 1 aliphatic heterocycles. The van der Waals surface area contributed by atoms with E-state index < -0.39 is 0 Å². The topological polar surface area (TPSA) is 54.3 Å². The Kier molecular flexibility index (Phi) is 5.00. The molecule has 4 aromatic rings. The minimum absolute atomic E-state index is 0.101. The molecule has 5 rings (SSSR count). The first-order valence-corrected chi connectivity index (χ1v) is 11.4. The van der Waals surface area contributed by atoms with Crippen LogP contribution in [0.1, 0.15) is 10.9 Å². The van der Waals surface area contributed by atoms with Crippen molar-refractivity contribution in [3.63, 3.8) is 0 Å². The van der Waals surface area contributed by atoms with Gasteiger partial charge in [-0.1, -0.05) is 70.5 Å². The Morgan fingerprint density at radius 3 is 2.23 bits per heavy atom. The first-order chi connectivity index (χ1) is 14.6. The smallest absolute Gasteiger partial charge is 0.258 e. The van der Waals surface area contributed by atoms with Crippen molar-refractivity contribution in [2.45, 2.75) is 11.9 Å².